The molecule has 1 aliphatic heterocycles. The van der Waals surface area contributed by atoms with Crippen LogP contribution in [-0.2, 0) is 9.47 Å². The van der Waals surface area contributed by atoms with Crippen LogP contribution in [0.3, 0.4) is 0 Å². The Morgan fingerprint density at radius 1 is 0.958 bits per heavy atom. The van der Waals surface area contributed by atoms with Crippen molar-refractivity contribution >= 4 is 0 Å². The van der Waals surface area contributed by atoms with Crippen LogP contribution in [0.25, 0.3) is 11.1 Å². The molecular formula is C22H24O2. The van der Waals surface area contributed by atoms with E-state index >= 15 is 0 Å². The van der Waals surface area contributed by atoms with E-state index in [4.69, 9.17) is 9.47 Å². The number of ether oxygens (including phenoxy) is 2. The normalized spacial score (nSPS) is 31.0. The van der Waals surface area contributed by atoms with E-state index in [9.17, 15) is 0 Å². The van der Waals surface area contributed by atoms with E-state index in [1.54, 1.807) is 0 Å². The third kappa shape index (κ3) is 1.79. The minimum absolute atomic E-state index is 0.164. The van der Waals surface area contributed by atoms with Crippen LogP contribution in [0.5, 0.6) is 0 Å². The number of fused-ring (bicyclic) bond motifs is 4. The first kappa shape index (κ1) is 14.7. The third-order valence-electron chi connectivity index (χ3n) is 6.77. The van der Waals surface area contributed by atoms with Gasteiger partial charge < -0.3 is 9.47 Å². The zero-order valence-electron chi connectivity index (χ0n) is 14.3. The van der Waals surface area contributed by atoms with Gasteiger partial charge >= 0.3 is 0 Å². The average Bonchev–Trinajstić information content (AvgIpc) is 3.24. The first-order chi connectivity index (χ1) is 11.8. The summed E-state index contributed by atoms with van der Waals surface area (Å²) in [6, 6.07) is 17.8. The maximum atomic E-state index is 6.18. The summed E-state index contributed by atoms with van der Waals surface area (Å²) >= 11 is 0. The molecule has 2 atom stereocenters. The third-order valence-corrected chi connectivity index (χ3v) is 6.77. The smallest absolute Gasteiger partial charge is 0.173 e. The Morgan fingerprint density at radius 2 is 1.62 bits per heavy atom. The van der Waals surface area contributed by atoms with Crippen LogP contribution in [0.4, 0.5) is 0 Å². The summed E-state index contributed by atoms with van der Waals surface area (Å²) in [6.07, 6.45) is 5.74. The van der Waals surface area contributed by atoms with E-state index in [0.717, 1.165) is 25.9 Å². The molecule has 124 valence electrons. The standard InChI is InChI=1S/C22H24O2/c1-23-22-12-6-11-21(22,13-14-24-22)15-20-18-9-4-2-7-16(18)17-8-3-5-10-19(17)20/h2-5,7-10,20H,6,11-15H2,1H3/t21-,22-/m0/s1. The van der Waals surface area contributed by atoms with E-state index in [1.807, 2.05) is 7.11 Å². The van der Waals surface area contributed by atoms with Crippen molar-refractivity contribution in [2.75, 3.05) is 13.7 Å². The molecule has 2 nitrogen and oxygen atoms in total. The molecular weight excluding hydrogens is 296 g/mol. The van der Waals surface area contributed by atoms with Gasteiger partial charge in [0, 0.05) is 24.9 Å². The first-order valence-corrected chi connectivity index (χ1v) is 9.16. The number of rotatable bonds is 3. The van der Waals surface area contributed by atoms with Gasteiger partial charge in [0.1, 0.15) is 0 Å². The van der Waals surface area contributed by atoms with Crippen LogP contribution in [0.1, 0.15) is 49.1 Å². The summed E-state index contributed by atoms with van der Waals surface area (Å²) < 4.78 is 12.2. The lowest BCUT2D eigenvalue weighted by Crippen LogP contribution is -2.43. The summed E-state index contributed by atoms with van der Waals surface area (Å²) in [5, 5.41) is 0. The van der Waals surface area contributed by atoms with E-state index < -0.39 is 0 Å². The van der Waals surface area contributed by atoms with Crippen molar-refractivity contribution in [1.82, 2.24) is 0 Å². The van der Waals surface area contributed by atoms with Crippen molar-refractivity contribution in [3.63, 3.8) is 0 Å². The average molecular weight is 320 g/mol. The number of hydrogen-bond acceptors (Lipinski definition) is 2. The Hall–Kier alpha value is -1.64. The predicted octanol–water partition coefficient (Wildman–Crippen LogP) is 5.12. The van der Waals surface area contributed by atoms with Gasteiger partial charge in [-0.15, -0.1) is 0 Å². The highest BCUT2D eigenvalue weighted by molar-refractivity contribution is 5.78. The molecule has 0 spiro atoms. The maximum absolute atomic E-state index is 6.18. The SMILES string of the molecule is CO[C@]12CCC[C@@]1(CC1c3ccccc3-c3ccccc31)CCO2. The van der Waals surface area contributed by atoms with Gasteiger partial charge in [0.25, 0.3) is 0 Å². The molecule has 0 unspecified atom stereocenters. The van der Waals surface area contributed by atoms with Crippen LogP contribution >= 0.6 is 0 Å². The minimum Gasteiger partial charge on any atom is -0.353 e. The van der Waals surface area contributed by atoms with Gasteiger partial charge in [0.05, 0.1) is 6.61 Å². The second kappa shape index (κ2) is 5.18. The molecule has 0 aromatic heterocycles. The molecule has 0 radical (unpaired) electrons. The van der Waals surface area contributed by atoms with Crippen LogP contribution < -0.4 is 0 Å². The number of hydrogen-bond donors (Lipinski definition) is 0. The van der Waals surface area contributed by atoms with Crippen LogP contribution in [0.15, 0.2) is 48.5 Å². The molecule has 0 N–H and O–H groups in total. The van der Waals surface area contributed by atoms with Crippen molar-refractivity contribution in [3.8, 4) is 11.1 Å². The molecule has 1 heterocycles. The van der Waals surface area contributed by atoms with Crippen molar-refractivity contribution in [2.45, 2.75) is 43.8 Å². The fourth-order valence-electron chi connectivity index (χ4n) is 5.67. The van der Waals surface area contributed by atoms with Crippen LogP contribution in [0, 0.1) is 5.41 Å². The molecule has 2 aromatic carbocycles. The lowest BCUT2D eigenvalue weighted by Gasteiger charge is -2.40. The second-order valence-electron chi connectivity index (χ2n) is 7.62. The molecule has 3 aliphatic rings. The molecule has 5 rings (SSSR count). The largest absolute Gasteiger partial charge is 0.353 e. The van der Waals surface area contributed by atoms with Gasteiger partial charge in [-0.3, -0.25) is 0 Å². The molecule has 24 heavy (non-hydrogen) atoms. The molecule has 0 amide bonds. The van der Waals surface area contributed by atoms with Gasteiger partial charge in [-0.25, -0.2) is 0 Å². The zero-order valence-corrected chi connectivity index (χ0v) is 14.3. The Balaban J connectivity index is 1.60. The molecule has 1 saturated heterocycles. The zero-order chi connectivity index (χ0) is 16.2. The first-order valence-electron chi connectivity index (χ1n) is 9.16. The van der Waals surface area contributed by atoms with Crippen molar-refractivity contribution in [1.29, 1.82) is 0 Å². The highest BCUT2D eigenvalue weighted by atomic mass is 16.7. The van der Waals surface area contributed by atoms with Crippen molar-refractivity contribution in [3.05, 3.63) is 59.7 Å². The Bertz CT molecular complexity index is 724. The Morgan fingerprint density at radius 3 is 2.29 bits per heavy atom. The van der Waals surface area contributed by atoms with E-state index in [-0.39, 0.29) is 11.2 Å². The minimum atomic E-state index is -0.348. The fraction of sp³-hybridized carbons (Fsp3) is 0.455. The topological polar surface area (TPSA) is 18.5 Å². The summed E-state index contributed by atoms with van der Waals surface area (Å²) in [6.45, 7) is 0.837. The highest BCUT2D eigenvalue weighted by Gasteiger charge is 2.60. The summed E-state index contributed by atoms with van der Waals surface area (Å²) in [4.78, 5) is 0. The quantitative estimate of drug-likeness (QED) is 0.781. The number of benzene rings is 2. The van der Waals surface area contributed by atoms with E-state index in [0.29, 0.717) is 5.92 Å². The fourth-order valence-corrected chi connectivity index (χ4v) is 5.67. The molecule has 2 heteroatoms. The van der Waals surface area contributed by atoms with Crippen molar-refractivity contribution in [2.24, 2.45) is 5.41 Å². The van der Waals surface area contributed by atoms with Crippen LogP contribution in [0.2, 0.25) is 0 Å². The Labute approximate surface area is 143 Å². The molecule has 0 bridgehead atoms. The highest BCUT2D eigenvalue weighted by Crippen LogP contribution is 2.62. The Kier molecular flexibility index (Phi) is 3.17. The van der Waals surface area contributed by atoms with Crippen LogP contribution in [-0.4, -0.2) is 19.5 Å². The summed E-state index contributed by atoms with van der Waals surface area (Å²) in [5.74, 6) is 0.117. The number of methoxy groups -OCH3 is 1. The van der Waals surface area contributed by atoms with Crippen molar-refractivity contribution < 1.29 is 9.47 Å². The molecule has 2 aromatic rings. The van der Waals surface area contributed by atoms with E-state index in [2.05, 4.69) is 48.5 Å². The van der Waals surface area contributed by atoms with Gasteiger partial charge in [0.15, 0.2) is 5.79 Å². The van der Waals surface area contributed by atoms with Gasteiger partial charge in [-0.1, -0.05) is 48.5 Å². The lowest BCUT2D eigenvalue weighted by atomic mass is 9.71. The summed E-state index contributed by atoms with van der Waals surface area (Å²) in [5.41, 5.74) is 5.95. The van der Waals surface area contributed by atoms with Gasteiger partial charge in [-0.2, -0.15) is 0 Å². The lowest BCUT2D eigenvalue weighted by molar-refractivity contribution is -0.233. The molecule has 1 saturated carbocycles. The van der Waals surface area contributed by atoms with Gasteiger partial charge in [-0.05, 0) is 47.9 Å². The monoisotopic (exact) mass is 320 g/mol. The van der Waals surface area contributed by atoms with E-state index in [1.165, 1.54) is 35.1 Å². The molecule has 2 fully saturated rings. The second-order valence-corrected chi connectivity index (χ2v) is 7.62. The summed E-state index contributed by atoms with van der Waals surface area (Å²) in [7, 11) is 1.84. The van der Waals surface area contributed by atoms with Gasteiger partial charge in [0.2, 0.25) is 0 Å². The maximum Gasteiger partial charge on any atom is 0.173 e. The molecule has 2 aliphatic carbocycles. The predicted molar refractivity (Wildman–Crippen MR) is 94.9 cm³/mol.